The van der Waals surface area contributed by atoms with Gasteiger partial charge in [-0.25, -0.2) is 0 Å². The molecule has 3 rings (SSSR count). The van der Waals surface area contributed by atoms with Crippen molar-refractivity contribution < 1.29 is 14.3 Å². The van der Waals surface area contributed by atoms with Crippen molar-refractivity contribution in [2.75, 3.05) is 12.4 Å². The van der Waals surface area contributed by atoms with Crippen molar-refractivity contribution in [3.63, 3.8) is 0 Å². The summed E-state index contributed by atoms with van der Waals surface area (Å²) in [5, 5.41) is 4.75. The van der Waals surface area contributed by atoms with Crippen LogP contribution in [0.4, 0.5) is 5.69 Å². The number of rotatable bonds is 6. The SMILES string of the molecule is COc1cccc(OCc2csc(C(=O)Nc3ccncc3)c2)c1. The molecule has 0 saturated heterocycles. The van der Waals surface area contributed by atoms with E-state index in [-0.39, 0.29) is 5.91 Å². The van der Waals surface area contributed by atoms with Crippen LogP contribution in [0.1, 0.15) is 15.2 Å². The summed E-state index contributed by atoms with van der Waals surface area (Å²) in [6, 6.07) is 12.8. The Morgan fingerprint density at radius 3 is 2.75 bits per heavy atom. The Morgan fingerprint density at radius 2 is 1.96 bits per heavy atom. The van der Waals surface area contributed by atoms with Crippen LogP contribution in [0.5, 0.6) is 11.5 Å². The zero-order chi connectivity index (χ0) is 16.8. The predicted octanol–water partition coefficient (Wildman–Crippen LogP) is 3.98. The highest BCUT2D eigenvalue weighted by Crippen LogP contribution is 2.22. The van der Waals surface area contributed by atoms with E-state index >= 15 is 0 Å². The van der Waals surface area contributed by atoms with Crippen LogP contribution in [0.3, 0.4) is 0 Å². The van der Waals surface area contributed by atoms with Crippen molar-refractivity contribution >= 4 is 22.9 Å². The minimum Gasteiger partial charge on any atom is -0.497 e. The molecule has 2 heterocycles. The highest BCUT2D eigenvalue weighted by molar-refractivity contribution is 7.12. The number of carbonyl (C=O) groups is 1. The zero-order valence-electron chi connectivity index (χ0n) is 13.1. The molecule has 0 aliphatic rings. The normalized spacial score (nSPS) is 10.2. The van der Waals surface area contributed by atoms with E-state index in [0.29, 0.717) is 11.5 Å². The fourth-order valence-corrected chi connectivity index (χ4v) is 2.85. The van der Waals surface area contributed by atoms with Gasteiger partial charge in [0.2, 0.25) is 0 Å². The number of nitrogens with zero attached hydrogens (tertiary/aromatic N) is 1. The lowest BCUT2D eigenvalue weighted by molar-refractivity contribution is 0.103. The number of carbonyl (C=O) groups excluding carboxylic acids is 1. The van der Waals surface area contributed by atoms with Gasteiger partial charge in [-0.15, -0.1) is 11.3 Å². The van der Waals surface area contributed by atoms with Crippen LogP contribution in [0, 0.1) is 0 Å². The number of pyridine rings is 1. The molecule has 0 fully saturated rings. The largest absolute Gasteiger partial charge is 0.497 e. The van der Waals surface area contributed by atoms with Gasteiger partial charge in [-0.05, 0) is 35.7 Å². The number of hydrogen-bond donors (Lipinski definition) is 1. The molecule has 0 atom stereocenters. The van der Waals surface area contributed by atoms with Gasteiger partial charge >= 0.3 is 0 Å². The average Bonchev–Trinajstić information content (AvgIpc) is 3.10. The van der Waals surface area contributed by atoms with Gasteiger partial charge in [-0.3, -0.25) is 9.78 Å². The molecule has 5 nitrogen and oxygen atoms in total. The molecule has 0 saturated carbocycles. The van der Waals surface area contributed by atoms with E-state index < -0.39 is 0 Å². The molecule has 0 radical (unpaired) electrons. The molecule has 2 aromatic heterocycles. The van der Waals surface area contributed by atoms with Crippen LogP contribution in [0.15, 0.2) is 60.2 Å². The second-order valence-corrected chi connectivity index (χ2v) is 5.89. The third-order valence-corrected chi connectivity index (χ3v) is 4.24. The van der Waals surface area contributed by atoms with Crippen LogP contribution in [0.25, 0.3) is 0 Å². The van der Waals surface area contributed by atoms with Crippen molar-refractivity contribution in [3.05, 3.63) is 70.7 Å². The Kier molecular flexibility index (Phi) is 5.08. The molecule has 0 aliphatic heterocycles. The van der Waals surface area contributed by atoms with Crippen molar-refractivity contribution in [1.29, 1.82) is 0 Å². The summed E-state index contributed by atoms with van der Waals surface area (Å²) >= 11 is 1.39. The number of ether oxygens (including phenoxy) is 2. The maximum Gasteiger partial charge on any atom is 0.265 e. The van der Waals surface area contributed by atoms with E-state index in [1.165, 1.54) is 11.3 Å². The van der Waals surface area contributed by atoms with E-state index in [2.05, 4.69) is 10.3 Å². The van der Waals surface area contributed by atoms with Crippen LogP contribution in [0.2, 0.25) is 0 Å². The average molecular weight is 340 g/mol. The Morgan fingerprint density at radius 1 is 1.17 bits per heavy atom. The topological polar surface area (TPSA) is 60.5 Å². The monoisotopic (exact) mass is 340 g/mol. The maximum atomic E-state index is 12.2. The smallest absolute Gasteiger partial charge is 0.265 e. The molecule has 0 spiro atoms. The van der Waals surface area contributed by atoms with Gasteiger partial charge in [0.1, 0.15) is 18.1 Å². The van der Waals surface area contributed by atoms with Crippen LogP contribution in [-0.2, 0) is 6.61 Å². The quantitative estimate of drug-likeness (QED) is 0.737. The second kappa shape index (κ2) is 7.61. The van der Waals surface area contributed by atoms with Crippen molar-refractivity contribution in [2.45, 2.75) is 6.61 Å². The van der Waals surface area contributed by atoms with E-state index in [0.717, 1.165) is 22.7 Å². The maximum absolute atomic E-state index is 12.2. The number of anilines is 1. The molecule has 0 aliphatic carbocycles. The number of benzene rings is 1. The van der Waals surface area contributed by atoms with Gasteiger partial charge in [0, 0.05) is 29.7 Å². The summed E-state index contributed by atoms with van der Waals surface area (Å²) in [7, 11) is 1.62. The highest BCUT2D eigenvalue weighted by atomic mass is 32.1. The molecule has 1 amide bonds. The number of amides is 1. The molecule has 24 heavy (non-hydrogen) atoms. The second-order valence-electron chi connectivity index (χ2n) is 4.98. The Labute approximate surface area is 143 Å². The third kappa shape index (κ3) is 4.11. The van der Waals surface area contributed by atoms with Crippen molar-refractivity contribution in [3.8, 4) is 11.5 Å². The first-order valence-electron chi connectivity index (χ1n) is 7.30. The van der Waals surface area contributed by atoms with Gasteiger partial charge in [0.05, 0.1) is 12.0 Å². The number of aromatic nitrogens is 1. The van der Waals surface area contributed by atoms with Gasteiger partial charge in [0.15, 0.2) is 0 Å². The summed E-state index contributed by atoms with van der Waals surface area (Å²) in [6.07, 6.45) is 3.27. The molecule has 6 heteroatoms. The lowest BCUT2D eigenvalue weighted by Crippen LogP contribution is -2.10. The lowest BCUT2D eigenvalue weighted by Gasteiger charge is -2.06. The van der Waals surface area contributed by atoms with Gasteiger partial charge < -0.3 is 14.8 Å². The number of hydrogen-bond acceptors (Lipinski definition) is 5. The summed E-state index contributed by atoms with van der Waals surface area (Å²) in [4.78, 5) is 16.8. The minimum absolute atomic E-state index is 0.140. The zero-order valence-corrected chi connectivity index (χ0v) is 13.9. The molecule has 3 aromatic rings. The molecule has 122 valence electrons. The fraction of sp³-hybridized carbons (Fsp3) is 0.111. The summed E-state index contributed by atoms with van der Waals surface area (Å²) in [6.45, 7) is 0.395. The molecule has 0 unspecified atom stereocenters. The van der Waals surface area contributed by atoms with Gasteiger partial charge in [-0.2, -0.15) is 0 Å². The lowest BCUT2D eigenvalue weighted by atomic mass is 10.3. The Balaban J connectivity index is 1.59. The Hall–Kier alpha value is -2.86. The van der Waals surface area contributed by atoms with Crippen molar-refractivity contribution in [2.24, 2.45) is 0 Å². The molecule has 1 N–H and O–H groups in total. The first-order chi connectivity index (χ1) is 11.7. The Bertz CT molecular complexity index is 818. The van der Waals surface area contributed by atoms with E-state index in [1.807, 2.05) is 35.7 Å². The minimum atomic E-state index is -0.140. The van der Waals surface area contributed by atoms with E-state index in [9.17, 15) is 4.79 Å². The number of thiophene rings is 1. The first-order valence-corrected chi connectivity index (χ1v) is 8.18. The summed E-state index contributed by atoms with van der Waals surface area (Å²) < 4.78 is 10.9. The number of nitrogens with one attached hydrogen (secondary N) is 1. The molecule has 0 bridgehead atoms. The van der Waals surface area contributed by atoms with E-state index in [4.69, 9.17) is 9.47 Å². The van der Waals surface area contributed by atoms with Gasteiger partial charge in [0.25, 0.3) is 5.91 Å². The van der Waals surface area contributed by atoms with Crippen molar-refractivity contribution in [1.82, 2.24) is 4.98 Å². The summed E-state index contributed by atoms with van der Waals surface area (Å²) in [5.41, 5.74) is 1.67. The third-order valence-electron chi connectivity index (χ3n) is 3.26. The predicted molar refractivity (Wildman–Crippen MR) is 93.8 cm³/mol. The first kappa shape index (κ1) is 16.0. The molecular formula is C18H16N2O3S. The highest BCUT2D eigenvalue weighted by Gasteiger charge is 2.10. The molecular weight excluding hydrogens is 324 g/mol. The fourth-order valence-electron chi connectivity index (χ4n) is 2.06. The van der Waals surface area contributed by atoms with Gasteiger partial charge in [-0.1, -0.05) is 6.07 Å². The molecule has 1 aromatic carbocycles. The van der Waals surface area contributed by atoms with Crippen LogP contribution >= 0.6 is 11.3 Å². The van der Waals surface area contributed by atoms with Crippen LogP contribution < -0.4 is 14.8 Å². The number of methoxy groups -OCH3 is 1. The summed E-state index contributed by atoms with van der Waals surface area (Å²) in [5.74, 6) is 1.33. The van der Waals surface area contributed by atoms with E-state index in [1.54, 1.807) is 31.6 Å². The standard InChI is InChI=1S/C18H16N2O3S/c1-22-15-3-2-4-16(10-15)23-11-13-9-17(24-12-13)18(21)20-14-5-7-19-8-6-14/h2-10,12H,11H2,1H3,(H,19,20,21). The van der Waals surface area contributed by atoms with Crippen LogP contribution in [-0.4, -0.2) is 18.0 Å².